The molecule has 0 heterocycles. The van der Waals surface area contributed by atoms with E-state index in [1.165, 1.54) is 0 Å². The van der Waals surface area contributed by atoms with Crippen LogP contribution >= 0.6 is 0 Å². The Morgan fingerprint density at radius 1 is 1.67 bits per heavy atom. The van der Waals surface area contributed by atoms with E-state index in [4.69, 9.17) is 10.8 Å². The van der Waals surface area contributed by atoms with Crippen LogP contribution < -0.4 is 11.1 Å². The lowest BCUT2D eigenvalue weighted by molar-refractivity contribution is -0.119. The van der Waals surface area contributed by atoms with Gasteiger partial charge in [0.15, 0.2) is 0 Å². The van der Waals surface area contributed by atoms with Crippen LogP contribution in [0.25, 0.3) is 0 Å². The monoisotopic (exact) mass is 174 g/mol. The molecule has 0 aliphatic heterocycles. The number of amides is 1. The molecule has 0 aromatic rings. The fraction of sp³-hybridized carbons (Fsp3) is 0.875. The van der Waals surface area contributed by atoms with Gasteiger partial charge in [-0.05, 0) is 18.8 Å². The summed E-state index contributed by atoms with van der Waals surface area (Å²) in [6, 6.07) is 0. The van der Waals surface area contributed by atoms with E-state index in [0.29, 0.717) is 12.5 Å². The molecule has 0 aliphatic rings. The van der Waals surface area contributed by atoms with E-state index in [1.54, 1.807) is 0 Å². The molecule has 0 saturated heterocycles. The van der Waals surface area contributed by atoms with Gasteiger partial charge in [0.05, 0.1) is 6.54 Å². The highest BCUT2D eigenvalue weighted by molar-refractivity contribution is 5.77. The zero-order chi connectivity index (χ0) is 9.40. The van der Waals surface area contributed by atoms with Gasteiger partial charge in [0, 0.05) is 13.2 Å². The molecule has 1 atom stereocenters. The summed E-state index contributed by atoms with van der Waals surface area (Å²) in [5.41, 5.74) is 5.09. The van der Waals surface area contributed by atoms with Gasteiger partial charge < -0.3 is 16.2 Å². The van der Waals surface area contributed by atoms with Crippen LogP contribution in [-0.4, -0.2) is 30.7 Å². The van der Waals surface area contributed by atoms with Gasteiger partial charge in [-0.25, -0.2) is 0 Å². The molecule has 0 saturated carbocycles. The first-order valence-electron chi connectivity index (χ1n) is 4.28. The molecule has 4 nitrogen and oxygen atoms in total. The highest BCUT2D eigenvalue weighted by Crippen LogP contribution is 2.02. The lowest BCUT2D eigenvalue weighted by Crippen LogP contribution is -2.31. The fourth-order valence-corrected chi connectivity index (χ4v) is 0.842. The maximum atomic E-state index is 10.6. The smallest absolute Gasteiger partial charge is 0.233 e. The number of hydrogen-bond donors (Lipinski definition) is 3. The molecule has 0 aromatic heterocycles. The Morgan fingerprint density at radius 2 is 2.33 bits per heavy atom. The van der Waals surface area contributed by atoms with Crippen molar-refractivity contribution in [1.29, 1.82) is 0 Å². The Labute approximate surface area is 73.1 Å². The SMILES string of the molecule is CC(CO)CCCNC(=O)CN. The van der Waals surface area contributed by atoms with Gasteiger partial charge in [-0.2, -0.15) is 0 Å². The Hall–Kier alpha value is -0.610. The summed E-state index contributed by atoms with van der Waals surface area (Å²) < 4.78 is 0. The average molecular weight is 174 g/mol. The third-order valence-corrected chi connectivity index (χ3v) is 1.69. The number of aliphatic hydroxyl groups is 1. The number of carbonyl (C=O) groups excluding carboxylic acids is 1. The fourth-order valence-electron chi connectivity index (χ4n) is 0.842. The third kappa shape index (κ3) is 6.12. The molecule has 0 aromatic carbocycles. The summed E-state index contributed by atoms with van der Waals surface area (Å²) in [6.07, 6.45) is 1.83. The molecule has 0 spiro atoms. The molecule has 0 rings (SSSR count). The first kappa shape index (κ1) is 11.4. The molecule has 72 valence electrons. The van der Waals surface area contributed by atoms with Crippen LogP contribution in [-0.2, 0) is 4.79 Å². The number of nitrogens with one attached hydrogen (secondary N) is 1. The minimum Gasteiger partial charge on any atom is -0.396 e. The van der Waals surface area contributed by atoms with Crippen LogP contribution in [0.2, 0.25) is 0 Å². The molecule has 0 bridgehead atoms. The summed E-state index contributed by atoms with van der Waals surface area (Å²) in [6.45, 7) is 2.89. The van der Waals surface area contributed by atoms with E-state index >= 15 is 0 Å². The Kier molecular flexibility index (Phi) is 6.70. The van der Waals surface area contributed by atoms with Crippen molar-refractivity contribution >= 4 is 5.91 Å². The van der Waals surface area contributed by atoms with Gasteiger partial charge in [-0.3, -0.25) is 4.79 Å². The van der Waals surface area contributed by atoms with Crippen molar-refractivity contribution < 1.29 is 9.90 Å². The summed E-state index contributed by atoms with van der Waals surface area (Å²) >= 11 is 0. The highest BCUT2D eigenvalue weighted by Gasteiger charge is 2.00. The molecule has 0 aliphatic carbocycles. The predicted molar refractivity (Wildman–Crippen MR) is 47.5 cm³/mol. The molecular formula is C8H18N2O2. The Bertz CT molecular complexity index is 128. The van der Waals surface area contributed by atoms with Crippen molar-refractivity contribution in [3.63, 3.8) is 0 Å². The van der Waals surface area contributed by atoms with E-state index in [1.807, 2.05) is 6.92 Å². The molecule has 0 fully saturated rings. The van der Waals surface area contributed by atoms with E-state index in [2.05, 4.69) is 5.32 Å². The molecule has 12 heavy (non-hydrogen) atoms. The maximum Gasteiger partial charge on any atom is 0.233 e. The van der Waals surface area contributed by atoms with Crippen LogP contribution in [0.4, 0.5) is 0 Å². The maximum absolute atomic E-state index is 10.6. The largest absolute Gasteiger partial charge is 0.396 e. The second-order valence-corrected chi connectivity index (χ2v) is 2.98. The van der Waals surface area contributed by atoms with Gasteiger partial charge in [0.25, 0.3) is 0 Å². The van der Waals surface area contributed by atoms with Crippen molar-refractivity contribution in [3.05, 3.63) is 0 Å². The summed E-state index contributed by atoms with van der Waals surface area (Å²) in [5.74, 6) is 0.200. The van der Waals surface area contributed by atoms with Gasteiger partial charge in [0.2, 0.25) is 5.91 Å². The Balaban J connectivity index is 3.15. The van der Waals surface area contributed by atoms with Gasteiger partial charge in [-0.15, -0.1) is 0 Å². The quantitative estimate of drug-likeness (QED) is 0.474. The number of rotatable bonds is 6. The molecule has 1 unspecified atom stereocenters. The summed E-state index contributed by atoms with van der Waals surface area (Å²) in [7, 11) is 0. The highest BCUT2D eigenvalue weighted by atomic mass is 16.3. The number of aliphatic hydroxyl groups excluding tert-OH is 1. The minimum atomic E-state index is -0.119. The number of carbonyl (C=O) groups is 1. The first-order valence-corrected chi connectivity index (χ1v) is 4.28. The second kappa shape index (κ2) is 7.06. The van der Waals surface area contributed by atoms with Crippen molar-refractivity contribution in [2.75, 3.05) is 19.7 Å². The molecule has 4 heteroatoms. The van der Waals surface area contributed by atoms with Crippen LogP contribution in [0.3, 0.4) is 0 Å². The Morgan fingerprint density at radius 3 is 2.83 bits per heavy atom. The standard InChI is InChI=1S/C8H18N2O2/c1-7(6-11)3-2-4-10-8(12)5-9/h7,11H,2-6,9H2,1H3,(H,10,12). The van der Waals surface area contributed by atoms with Crippen molar-refractivity contribution in [3.8, 4) is 0 Å². The van der Waals surface area contributed by atoms with Crippen LogP contribution in [0.1, 0.15) is 19.8 Å². The molecule has 4 N–H and O–H groups in total. The van der Waals surface area contributed by atoms with E-state index in [9.17, 15) is 4.79 Å². The molecular weight excluding hydrogens is 156 g/mol. The van der Waals surface area contributed by atoms with E-state index in [0.717, 1.165) is 12.8 Å². The summed E-state index contributed by atoms with van der Waals surface area (Å²) in [5, 5.41) is 11.3. The van der Waals surface area contributed by atoms with E-state index in [-0.39, 0.29) is 19.1 Å². The zero-order valence-corrected chi connectivity index (χ0v) is 7.55. The lowest BCUT2D eigenvalue weighted by Gasteiger charge is -2.07. The first-order chi connectivity index (χ1) is 5.70. The molecule has 0 radical (unpaired) electrons. The van der Waals surface area contributed by atoms with Crippen LogP contribution in [0.15, 0.2) is 0 Å². The summed E-state index contributed by atoms with van der Waals surface area (Å²) in [4.78, 5) is 10.6. The van der Waals surface area contributed by atoms with E-state index < -0.39 is 0 Å². The average Bonchev–Trinajstić information content (AvgIpc) is 2.11. The topological polar surface area (TPSA) is 75.3 Å². The van der Waals surface area contributed by atoms with Gasteiger partial charge in [0.1, 0.15) is 0 Å². The molecule has 1 amide bonds. The van der Waals surface area contributed by atoms with Gasteiger partial charge >= 0.3 is 0 Å². The number of nitrogens with two attached hydrogens (primary N) is 1. The number of hydrogen-bond acceptors (Lipinski definition) is 3. The van der Waals surface area contributed by atoms with Crippen molar-refractivity contribution in [2.24, 2.45) is 11.7 Å². The van der Waals surface area contributed by atoms with Crippen molar-refractivity contribution in [2.45, 2.75) is 19.8 Å². The lowest BCUT2D eigenvalue weighted by atomic mass is 10.1. The van der Waals surface area contributed by atoms with Gasteiger partial charge in [-0.1, -0.05) is 6.92 Å². The zero-order valence-electron chi connectivity index (χ0n) is 7.55. The van der Waals surface area contributed by atoms with Crippen LogP contribution in [0, 0.1) is 5.92 Å². The van der Waals surface area contributed by atoms with Crippen LogP contribution in [0.5, 0.6) is 0 Å². The normalized spacial score (nSPS) is 12.6. The predicted octanol–water partition coefficient (Wildman–Crippen LogP) is -0.530. The van der Waals surface area contributed by atoms with Crippen molar-refractivity contribution in [1.82, 2.24) is 5.32 Å². The third-order valence-electron chi connectivity index (χ3n) is 1.69. The minimum absolute atomic E-state index is 0.0511. The second-order valence-electron chi connectivity index (χ2n) is 2.98.